The summed E-state index contributed by atoms with van der Waals surface area (Å²) in [6, 6.07) is 11.8. The molecule has 6 nitrogen and oxygen atoms in total. The first-order valence-corrected chi connectivity index (χ1v) is 12.1. The second-order valence-electron chi connectivity index (χ2n) is 9.45. The minimum absolute atomic E-state index is 0.0132. The lowest BCUT2D eigenvalue weighted by Crippen LogP contribution is -2.24. The minimum atomic E-state index is -0.483. The molecule has 0 aliphatic rings. The van der Waals surface area contributed by atoms with Gasteiger partial charge in [0.1, 0.15) is 12.4 Å². The third kappa shape index (κ3) is 6.23. The van der Waals surface area contributed by atoms with Gasteiger partial charge in [0.25, 0.3) is 0 Å². The molecule has 0 atom stereocenters. The standard InChI is InChI=1S/C27H32N2O4S/c1-17-12-18(2)25(19(3)13-17)29(20(4)30)26-28-22(16-34-26)14-33-24(31)15-32-23-10-8-21(9-11-23)27(5,6)7/h8-13,16H,14-15H2,1-7H3. The van der Waals surface area contributed by atoms with E-state index >= 15 is 0 Å². The van der Waals surface area contributed by atoms with Gasteiger partial charge in [0.05, 0.1) is 11.4 Å². The van der Waals surface area contributed by atoms with Crippen molar-refractivity contribution in [2.75, 3.05) is 11.5 Å². The lowest BCUT2D eigenvalue weighted by molar-refractivity contribution is -0.147. The average Bonchev–Trinajstić information content (AvgIpc) is 3.21. The van der Waals surface area contributed by atoms with Crippen LogP contribution in [0.2, 0.25) is 0 Å². The Morgan fingerprint density at radius 1 is 1.03 bits per heavy atom. The summed E-state index contributed by atoms with van der Waals surface area (Å²) < 4.78 is 10.9. The molecule has 0 spiro atoms. The molecule has 0 radical (unpaired) electrons. The summed E-state index contributed by atoms with van der Waals surface area (Å²) in [5.74, 6) is 0.00348. The Morgan fingerprint density at radius 2 is 1.65 bits per heavy atom. The Morgan fingerprint density at radius 3 is 2.21 bits per heavy atom. The van der Waals surface area contributed by atoms with Crippen molar-refractivity contribution in [2.45, 2.75) is 60.5 Å². The van der Waals surface area contributed by atoms with E-state index in [4.69, 9.17) is 9.47 Å². The topological polar surface area (TPSA) is 68.7 Å². The fourth-order valence-corrected chi connectivity index (χ4v) is 4.63. The summed E-state index contributed by atoms with van der Waals surface area (Å²) >= 11 is 1.34. The lowest BCUT2D eigenvalue weighted by Gasteiger charge is -2.23. The highest BCUT2D eigenvalue weighted by atomic mass is 32.1. The summed E-state index contributed by atoms with van der Waals surface area (Å²) in [6.07, 6.45) is 0. The molecule has 0 fully saturated rings. The van der Waals surface area contributed by atoms with Gasteiger partial charge in [0, 0.05) is 12.3 Å². The number of hydrogen-bond acceptors (Lipinski definition) is 6. The zero-order valence-corrected chi connectivity index (χ0v) is 21.7. The molecule has 0 N–H and O–H groups in total. The molecule has 0 aliphatic carbocycles. The Kier molecular flexibility index (Phi) is 7.77. The number of thiazole rings is 1. The SMILES string of the molecule is CC(=O)N(c1nc(COC(=O)COc2ccc(C(C)(C)C)cc2)cs1)c1c(C)cc(C)cc1C. The van der Waals surface area contributed by atoms with Crippen molar-refractivity contribution in [3.8, 4) is 5.75 Å². The number of amides is 1. The fourth-order valence-electron chi connectivity index (χ4n) is 3.77. The number of rotatable bonds is 7. The minimum Gasteiger partial charge on any atom is -0.482 e. The van der Waals surface area contributed by atoms with Gasteiger partial charge >= 0.3 is 5.97 Å². The van der Waals surface area contributed by atoms with Crippen molar-refractivity contribution >= 4 is 34.0 Å². The van der Waals surface area contributed by atoms with E-state index < -0.39 is 5.97 Å². The molecule has 0 saturated heterocycles. The van der Waals surface area contributed by atoms with Gasteiger partial charge < -0.3 is 9.47 Å². The van der Waals surface area contributed by atoms with E-state index in [1.54, 1.807) is 10.3 Å². The quantitative estimate of drug-likeness (QED) is 0.378. The van der Waals surface area contributed by atoms with E-state index in [1.807, 2.05) is 57.2 Å². The number of carbonyl (C=O) groups excluding carboxylic acids is 2. The number of ether oxygens (including phenoxy) is 2. The van der Waals surface area contributed by atoms with E-state index in [0.29, 0.717) is 16.6 Å². The fraction of sp³-hybridized carbons (Fsp3) is 0.370. The number of esters is 1. The maximum atomic E-state index is 12.5. The van der Waals surface area contributed by atoms with Crippen molar-refractivity contribution in [3.05, 3.63) is 69.7 Å². The maximum Gasteiger partial charge on any atom is 0.344 e. The number of aryl methyl sites for hydroxylation is 3. The first kappa shape index (κ1) is 25.4. The molecule has 3 rings (SSSR count). The second-order valence-corrected chi connectivity index (χ2v) is 10.3. The smallest absolute Gasteiger partial charge is 0.344 e. The molecule has 0 unspecified atom stereocenters. The molecule has 0 bridgehead atoms. The summed E-state index contributed by atoms with van der Waals surface area (Å²) in [5.41, 5.74) is 5.81. The van der Waals surface area contributed by atoms with Gasteiger partial charge in [0.15, 0.2) is 11.7 Å². The molecule has 2 aromatic carbocycles. The Hall–Kier alpha value is -3.19. The summed E-state index contributed by atoms with van der Waals surface area (Å²) in [5, 5.41) is 2.34. The summed E-state index contributed by atoms with van der Waals surface area (Å²) in [4.78, 5) is 30.8. The molecule has 0 saturated carbocycles. The van der Waals surface area contributed by atoms with Crippen molar-refractivity contribution in [2.24, 2.45) is 0 Å². The Bertz CT molecular complexity index is 1150. The number of hydrogen-bond donors (Lipinski definition) is 0. The first-order valence-electron chi connectivity index (χ1n) is 11.2. The third-order valence-corrected chi connectivity index (χ3v) is 6.24. The van der Waals surface area contributed by atoms with Crippen LogP contribution < -0.4 is 9.64 Å². The molecule has 1 aromatic heterocycles. The molecular weight excluding hydrogens is 448 g/mol. The van der Waals surface area contributed by atoms with E-state index in [2.05, 4.69) is 25.8 Å². The largest absolute Gasteiger partial charge is 0.482 e. The van der Waals surface area contributed by atoms with E-state index in [-0.39, 0.29) is 24.5 Å². The molecular formula is C27H32N2O4S. The maximum absolute atomic E-state index is 12.5. The Labute approximate surface area is 205 Å². The zero-order chi connectivity index (χ0) is 25.0. The van der Waals surface area contributed by atoms with E-state index in [0.717, 1.165) is 22.4 Å². The zero-order valence-electron chi connectivity index (χ0n) is 20.9. The number of aromatic nitrogens is 1. The highest BCUT2D eigenvalue weighted by Gasteiger charge is 2.22. The number of nitrogens with zero attached hydrogens (tertiary/aromatic N) is 2. The van der Waals surface area contributed by atoms with Gasteiger partial charge in [-0.25, -0.2) is 9.78 Å². The van der Waals surface area contributed by atoms with Crippen LogP contribution in [0, 0.1) is 20.8 Å². The van der Waals surface area contributed by atoms with Crippen molar-refractivity contribution in [3.63, 3.8) is 0 Å². The van der Waals surface area contributed by atoms with Gasteiger partial charge in [-0.2, -0.15) is 0 Å². The first-order chi connectivity index (χ1) is 16.0. The van der Waals surface area contributed by atoms with Gasteiger partial charge in [-0.3, -0.25) is 9.69 Å². The molecule has 0 aliphatic heterocycles. The average molecular weight is 481 g/mol. The molecule has 1 heterocycles. The summed E-state index contributed by atoms with van der Waals surface area (Å²) in [7, 11) is 0. The van der Waals surface area contributed by atoms with Crippen LogP contribution in [0.5, 0.6) is 5.75 Å². The van der Waals surface area contributed by atoms with Gasteiger partial charge in [-0.1, -0.05) is 50.6 Å². The molecule has 34 heavy (non-hydrogen) atoms. The van der Waals surface area contributed by atoms with Crippen molar-refractivity contribution in [1.29, 1.82) is 0 Å². The van der Waals surface area contributed by atoms with E-state index in [1.165, 1.54) is 23.8 Å². The van der Waals surface area contributed by atoms with Crippen molar-refractivity contribution in [1.82, 2.24) is 4.98 Å². The van der Waals surface area contributed by atoms with Crippen LogP contribution >= 0.6 is 11.3 Å². The van der Waals surface area contributed by atoms with Crippen molar-refractivity contribution < 1.29 is 19.1 Å². The van der Waals surface area contributed by atoms with Crippen LogP contribution in [0.15, 0.2) is 41.8 Å². The predicted molar refractivity (Wildman–Crippen MR) is 136 cm³/mol. The van der Waals surface area contributed by atoms with Crippen LogP contribution in [0.25, 0.3) is 0 Å². The number of carbonyl (C=O) groups is 2. The lowest BCUT2D eigenvalue weighted by atomic mass is 9.87. The highest BCUT2D eigenvalue weighted by molar-refractivity contribution is 7.14. The molecule has 1 amide bonds. The van der Waals surface area contributed by atoms with Crippen LogP contribution in [-0.4, -0.2) is 23.5 Å². The number of anilines is 2. The van der Waals surface area contributed by atoms with Crippen LogP contribution in [0.3, 0.4) is 0 Å². The van der Waals surface area contributed by atoms with Crippen LogP contribution in [0.1, 0.15) is 55.6 Å². The van der Waals surface area contributed by atoms with Gasteiger partial charge in [0.2, 0.25) is 5.91 Å². The van der Waals surface area contributed by atoms with Gasteiger partial charge in [-0.05, 0) is 55.0 Å². The van der Waals surface area contributed by atoms with Crippen LogP contribution in [-0.2, 0) is 26.3 Å². The second kappa shape index (κ2) is 10.4. The summed E-state index contributed by atoms with van der Waals surface area (Å²) in [6.45, 7) is 13.8. The highest BCUT2D eigenvalue weighted by Crippen LogP contribution is 2.34. The molecule has 3 aromatic rings. The van der Waals surface area contributed by atoms with Crippen LogP contribution in [0.4, 0.5) is 10.8 Å². The normalized spacial score (nSPS) is 11.3. The monoisotopic (exact) mass is 480 g/mol. The Balaban J connectivity index is 1.61. The molecule has 180 valence electrons. The van der Waals surface area contributed by atoms with E-state index in [9.17, 15) is 9.59 Å². The van der Waals surface area contributed by atoms with Gasteiger partial charge in [-0.15, -0.1) is 11.3 Å². The number of benzene rings is 2. The predicted octanol–water partition coefficient (Wildman–Crippen LogP) is 6.17. The third-order valence-electron chi connectivity index (χ3n) is 5.36. The molecule has 7 heteroatoms.